The lowest BCUT2D eigenvalue weighted by Crippen LogP contribution is -2.28. The molecule has 20 heavy (non-hydrogen) atoms. The Morgan fingerprint density at radius 3 is 2.45 bits per heavy atom. The summed E-state index contributed by atoms with van der Waals surface area (Å²) in [5.74, 6) is -0.448. The van der Waals surface area contributed by atoms with E-state index >= 15 is 0 Å². The number of benzene rings is 2. The van der Waals surface area contributed by atoms with Crippen molar-refractivity contribution < 1.29 is 9.50 Å². The zero-order valence-corrected chi connectivity index (χ0v) is 12.2. The number of aliphatic hydroxyl groups is 1. The van der Waals surface area contributed by atoms with Crippen LogP contribution in [0.25, 0.3) is 0 Å². The van der Waals surface area contributed by atoms with Gasteiger partial charge < -0.3 is 5.11 Å². The van der Waals surface area contributed by atoms with Gasteiger partial charge in [0.2, 0.25) is 0 Å². The normalized spacial score (nSPS) is 14.0. The molecule has 0 spiro atoms. The van der Waals surface area contributed by atoms with Gasteiger partial charge in [0.15, 0.2) is 0 Å². The fourth-order valence-electron chi connectivity index (χ4n) is 2.48. The molecule has 0 aliphatic carbocycles. The van der Waals surface area contributed by atoms with Crippen molar-refractivity contribution in [2.75, 3.05) is 0 Å². The van der Waals surface area contributed by atoms with Gasteiger partial charge in [0.25, 0.3) is 0 Å². The molecule has 1 atom stereocenters. The van der Waals surface area contributed by atoms with Gasteiger partial charge in [-0.2, -0.15) is 0 Å². The summed E-state index contributed by atoms with van der Waals surface area (Å²) in [5.41, 5.74) is 0.625. The molecule has 0 aliphatic heterocycles. The van der Waals surface area contributed by atoms with E-state index in [0.717, 1.165) is 17.5 Å². The van der Waals surface area contributed by atoms with E-state index in [-0.39, 0.29) is 5.02 Å². The van der Waals surface area contributed by atoms with E-state index in [0.29, 0.717) is 12.8 Å². The second kappa shape index (κ2) is 6.38. The first-order valence-electron chi connectivity index (χ1n) is 6.77. The van der Waals surface area contributed by atoms with Crippen molar-refractivity contribution in [1.29, 1.82) is 0 Å². The van der Waals surface area contributed by atoms with Crippen molar-refractivity contribution in [3.8, 4) is 0 Å². The Morgan fingerprint density at radius 1 is 1.15 bits per heavy atom. The van der Waals surface area contributed by atoms with E-state index in [2.05, 4.69) is 0 Å². The largest absolute Gasteiger partial charge is 0.385 e. The van der Waals surface area contributed by atoms with Crippen LogP contribution in [0.1, 0.15) is 30.9 Å². The molecule has 1 N–H and O–H groups in total. The third-order valence-corrected chi connectivity index (χ3v) is 3.76. The predicted molar refractivity (Wildman–Crippen MR) is 80.4 cm³/mol. The van der Waals surface area contributed by atoms with Crippen molar-refractivity contribution in [1.82, 2.24) is 0 Å². The average molecular weight is 293 g/mol. The monoisotopic (exact) mass is 292 g/mol. The third kappa shape index (κ3) is 3.38. The van der Waals surface area contributed by atoms with Gasteiger partial charge in [0, 0.05) is 6.42 Å². The molecule has 0 aromatic heterocycles. The minimum absolute atomic E-state index is 0.104. The zero-order valence-electron chi connectivity index (χ0n) is 11.4. The highest BCUT2D eigenvalue weighted by molar-refractivity contribution is 6.30. The van der Waals surface area contributed by atoms with Crippen LogP contribution in [0.5, 0.6) is 0 Å². The lowest BCUT2D eigenvalue weighted by atomic mass is 9.84. The molecule has 0 radical (unpaired) electrons. The van der Waals surface area contributed by atoms with Crippen LogP contribution in [0.2, 0.25) is 5.02 Å². The van der Waals surface area contributed by atoms with E-state index < -0.39 is 11.4 Å². The lowest BCUT2D eigenvalue weighted by molar-refractivity contribution is 0.0268. The second-order valence-electron chi connectivity index (χ2n) is 5.07. The maximum atomic E-state index is 13.5. The molecule has 1 nitrogen and oxygen atoms in total. The van der Waals surface area contributed by atoms with Crippen molar-refractivity contribution >= 4 is 11.6 Å². The molecule has 0 heterocycles. The Balaban J connectivity index is 2.31. The molecule has 0 saturated heterocycles. The quantitative estimate of drug-likeness (QED) is 0.846. The molecule has 0 amide bonds. The summed E-state index contributed by atoms with van der Waals surface area (Å²) in [5, 5.41) is 11.0. The van der Waals surface area contributed by atoms with Crippen molar-refractivity contribution in [3.05, 3.63) is 70.5 Å². The Labute approximate surface area is 124 Å². The first kappa shape index (κ1) is 15.0. The van der Waals surface area contributed by atoms with Crippen LogP contribution in [-0.4, -0.2) is 5.11 Å². The van der Waals surface area contributed by atoms with Gasteiger partial charge >= 0.3 is 0 Å². The number of hydrogen-bond donors (Lipinski definition) is 1. The number of rotatable bonds is 5. The Bertz CT molecular complexity index is 570. The summed E-state index contributed by atoms with van der Waals surface area (Å²) in [4.78, 5) is 0. The number of halogens is 2. The fraction of sp³-hybridized carbons (Fsp3) is 0.294. The minimum atomic E-state index is -0.976. The van der Waals surface area contributed by atoms with Gasteiger partial charge in [-0.05, 0) is 29.7 Å². The van der Waals surface area contributed by atoms with Crippen LogP contribution < -0.4 is 0 Å². The van der Waals surface area contributed by atoms with Gasteiger partial charge in [-0.3, -0.25) is 0 Å². The molecule has 0 fully saturated rings. The number of hydrogen-bond acceptors (Lipinski definition) is 1. The van der Waals surface area contributed by atoms with Gasteiger partial charge in [-0.25, -0.2) is 4.39 Å². The smallest absolute Gasteiger partial charge is 0.142 e. The van der Waals surface area contributed by atoms with Gasteiger partial charge in [0.05, 0.1) is 10.6 Å². The molecule has 3 heteroatoms. The first-order chi connectivity index (χ1) is 9.55. The van der Waals surface area contributed by atoms with Crippen LogP contribution >= 0.6 is 11.6 Å². The second-order valence-corrected chi connectivity index (χ2v) is 5.48. The highest BCUT2D eigenvalue weighted by atomic mass is 35.5. The SMILES string of the molecule is CCCC(O)(Cc1ccc(Cl)c(F)c1)c1ccccc1. The molecule has 0 aliphatic rings. The Morgan fingerprint density at radius 2 is 1.85 bits per heavy atom. The first-order valence-corrected chi connectivity index (χ1v) is 7.15. The predicted octanol–water partition coefficient (Wildman–Crippen LogP) is 4.71. The van der Waals surface area contributed by atoms with Gasteiger partial charge in [0.1, 0.15) is 5.82 Å². The van der Waals surface area contributed by atoms with E-state index in [1.165, 1.54) is 12.1 Å². The van der Waals surface area contributed by atoms with Crippen LogP contribution in [0, 0.1) is 5.82 Å². The van der Waals surface area contributed by atoms with Crippen molar-refractivity contribution in [2.45, 2.75) is 31.8 Å². The highest BCUT2D eigenvalue weighted by Gasteiger charge is 2.28. The molecule has 1 unspecified atom stereocenters. The van der Waals surface area contributed by atoms with Crippen LogP contribution in [0.4, 0.5) is 4.39 Å². The van der Waals surface area contributed by atoms with Crippen molar-refractivity contribution in [3.63, 3.8) is 0 Å². The van der Waals surface area contributed by atoms with E-state index in [4.69, 9.17) is 11.6 Å². The fourth-order valence-corrected chi connectivity index (χ4v) is 2.60. The Kier molecular flexibility index (Phi) is 4.79. The van der Waals surface area contributed by atoms with Crippen molar-refractivity contribution in [2.24, 2.45) is 0 Å². The topological polar surface area (TPSA) is 20.2 Å². The van der Waals surface area contributed by atoms with Gasteiger partial charge in [-0.1, -0.05) is 61.3 Å². The molecule has 2 aromatic rings. The minimum Gasteiger partial charge on any atom is -0.385 e. The average Bonchev–Trinajstić information content (AvgIpc) is 2.44. The standard InChI is InChI=1S/C17H18ClFO/c1-2-10-17(20,14-6-4-3-5-7-14)12-13-8-9-15(18)16(19)11-13/h3-9,11,20H,2,10,12H2,1H3. The molecular formula is C17H18ClFO. The summed E-state index contributed by atoms with van der Waals surface area (Å²) in [6.07, 6.45) is 1.85. The summed E-state index contributed by atoms with van der Waals surface area (Å²) in [6.45, 7) is 2.02. The summed E-state index contributed by atoms with van der Waals surface area (Å²) < 4.78 is 13.5. The van der Waals surface area contributed by atoms with Gasteiger partial charge in [-0.15, -0.1) is 0 Å². The summed E-state index contributed by atoms with van der Waals surface area (Å²) in [6, 6.07) is 14.2. The zero-order chi connectivity index (χ0) is 14.6. The summed E-state index contributed by atoms with van der Waals surface area (Å²) in [7, 11) is 0. The molecule has 106 valence electrons. The third-order valence-electron chi connectivity index (χ3n) is 3.46. The van der Waals surface area contributed by atoms with Crippen LogP contribution in [0.3, 0.4) is 0 Å². The maximum Gasteiger partial charge on any atom is 0.142 e. The highest BCUT2D eigenvalue weighted by Crippen LogP contribution is 2.31. The van der Waals surface area contributed by atoms with Crippen LogP contribution in [-0.2, 0) is 12.0 Å². The van der Waals surface area contributed by atoms with Crippen LogP contribution in [0.15, 0.2) is 48.5 Å². The molecule has 0 bridgehead atoms. The molecular weight excluding hydrogens is 275 g/mol. The van der Waals surface area contributed by atoms with E-state index in [9.17, 15) is 9.50 Å². The maximum absolute atomic E-state index is 13.5. The van der Waals surface area contributed by atoms with E-state index in [1.54, 1.807) is 6.07 Å². The molecule has 0 saturated carbocycles. The molecule has 2 aromatic carbocycles. The summed E-state index contributed by atoms with van der Waals surface area (Å²) >= 11 is 5.69. The Hall–Kier alpha value is -1.38. The lowest BCUT2D eigenvalue weighted by Gasteiger charge is -2.28. The molecule has 2 rings (SSSR count). The van der Waals surface area contributed by atoms with E-state index in [1.807, 2.05) is 37.3 Å².